The number of rotatable bonds is 8. The number of sulfonamides is 1. The van der Waals surface area contributed by atoms with Gasteiger partial charge >= 0.3 is 6.55 Å². The summed E-state index contributed by atoms with van der Waals surface area (Å²) in [5, 5.41) is 0.664. The Kier molecular flexibility index (Phi) is 7.32. The van der Waals surface area contributed by atoms with Crippen molar-refractivity contribution in [3.8, 4) is 17.3 Å². The van der Waals surface area contributed by atoms with E-state index in [1.807, 2.05) is 28.9 Å². The summed E-state index contributed by atoms with van der Waals surface area (Å²) in [5.41, 5.74) is 9.68. The first-order valence-electron chi connectivity index (χ1n) is 14.3. The first-order chi connectivity index (χ1) is 20.4. The summed E-state index contributed by atoms with van der Waals surface area (Å²) in [6, 6.07) is 8.02. The lowest BCUT2D eigenvalue weighted by Gasteiger charge is -2.37. The van der Waals surface area contributed by atoms with Gasteiger partial charge in [0, 0.05) is 42.2 Å². The van der Waals surface area contributed by atoms with Gasteiger partial charge in [0.2, 0.25) is 10.0 Å². The van der Waals surface area contributed by atoms with Gasteiger partial charge in [-0.25, -0.2) is 18.4 Å². The Morgan fingerprint density at radius 1 is 1.19 bits per heavy atom. The van der Waals surface area contributed by atoms with E-state index in [-0.39, 0.29) is 28.1 Å². The number of likely N-dealkylation sites (tertiary alicyclic amines) is 1. The van der Waals surface area contributed by atoms with Gasteiger partial charge in [0.05, 0.1) is 24.8 Å². The molecule has 1 saturated heterocycles. The molecule has 4 aromatic rings. The smallest absolute Gasteiger partial charge is 0.329 e. The molecule has 2 N–H and O–H groups in total. The van der Waals surface area contributed by atoms with Crippen LogP contribution >= 0.6 is 0 Å². The minimum absolute atomic E-state index is 0.0240. The molecule has 0 unspecified atom stereocenters. The summed E-state index contributed by atoms with van der Waals surface area (Å²) in [6.07, 6.45) is 4.48. The number of fused-ring (bicyclic) bond motifs is 2. The number of anilines is 1. The van der Waals surface area contributed by atoms with E-state index in [1.54, 1.807) is 23.1 Å². The molecule has 1 saturated carbocycles. The van der Waals surface area contributed by atoms with Crippen molar-refractivity contribution >= 4 is 38.4 Å². The van der Waals surface area contributed by atoms with Crippen LogP contribution in [0.2, 0.25) is 0 Å². The zero-order valence-electron chi connectivity index (χ0n) is 24.5. The fourth-order valence-corrected chi connectivity index (χ4v) is 6.74. The SMILES string of the molecule is COc1cc(C(=O)N2CCC[C@@H](N)[C@H]2C)cc2nc(-c3cc4ccc(N(C(F)F)S(C)(=O)=O)nc4n3CC3CC3)c(C)n12. The Labute approximate surface area is 248 Å². The third-order valence-electron chi connectivity index (χ3n) is 8.55. The predicted molar refractivity (Wildman–Crippen MR) is 159 cm³/mol. The van der Waals surface area contributed by atoms with Crippen LogP contribution in [-0.2, 0) is 16.6 Å². The molecule has 6 rings (SSSR count). The summed E-state index contributed by atoms with van der Waals surface area (Å²) < 4.78 is 61.4. The third-order valence-corrected chi connectivity index (χ3v) is 9.61. The number of hydrogen-bond acceptors (Lipinski definition) is 7. The summed E-state index contributed by atoms with van der Waals surface area (Å²) >= 11 is 0. The van der Waals surface area contributed by atoms with E-state index < -0.39 is 16.6 Å². The lowest BCUT2D eigenvalue weighted by molar-refractivity contribution is 0.0604. The van der Waals surface area contributed by atoms with E-state index in [2.05, 4.69) is 4.98 Å². The molecule has 1 aliphatic heterocycles. The fraction of sp³-hybridized carbons (Fsp3) is 0.483. The molecule has 43 heavy (non-hydrogen) atoms. The van der Waals surface area contributed by atoms with Crippen molar-refractivity contribution in [2.24, 2.45) is 11.7 Å². The molecule has 1 aliphatic carbocycles. The van der Waals surface area contributed by atoms with E-state index in [4.69, 9.17) is 15.5 Å². The molecule has 0 radical (unpaired) electrons. The molecule has 1 amide bonds. The molecule has 14 heteroatoms. The Bertz CT molecular complexity index is 1830. The first kappa shape index (κ1) is 29.3. The Balaban J connectivity index is 1.49. The van der Waals surface area contributed by atoms with Crippen molar-refractivity contribution in [2.75, 3.05) is 24.2 Å². The van der Waals surface area contributed by atoms with E-state index >= 15 is 0 Å². The van der Waals surface area contributed by atoms with Crippen LogP contribution in [0.15, 0.2) is 30.3 Å². The van der Waals surface area contributed by atoms with Gasteiger partial charge in [0.25, 0.3) is 5.91 Å². The number of halogens is 2. The minimum atomic E-state index is -4.27. The van der Waals surface area contributed by atoms with Gasteiger partial charge in [-0.2, -0.15) is 13.1 Å². The number of amides is 1. The van der Waals surface area contributed by atoms with Gasteiger partial charge in [-0.3, -0.25) is 9.20 Å². The van der Waals surface area contributed by atoms with Crippen molar-refractivity contribution in [2.45, 2.75) is 64.7 Å². The fourth-order valence-electron chi connectivity index (χ4n) is 6.01. The highest BCUT2D eigenvalue weighted by molar-refractivity contribution is 7.92. The average molecular weight is 616 g/mol. The van der Waals surface area contributed by atoms with Gasteiger partial charge in [0.1, 0.15) is 22.8 Å². The molecule has 2 aliphatic rings. The highest BCUT2D eigenvalue weighted by Crippen LogP contribution is 2.38. The number of pyridine rings is 2. The molecule has 0 spiro atoms. The highest BCUT2D eigenvalue weighted by atomic mass is 32.2. The Morgan fingerprint density at radius 3 is 2.58 bits per heavy atom. The van der Waals surface area contributed by atoms with Crippen molar-refractivity contribution in [3.63, 3.8) is 0 Å². The second-order valence-electron chi connectivity index (χ2n) is 11.6. The molecule has 4 aromatic heterocycles. The van der Waals surface area contributed by atoms with Gasteiger partial charge in [-0.05, 0) is 69.7 Å². The summed E-state index contributed by atoms with van der Waals surface area (Å²) in [7, 11) is -2.73. The van der Waals surface area contributed by atoms with E-state index in [9.17, 15) is 22.0 Å². The Morgan fingerprint density at radius 2 is 1.93 bits per heavy atom. The maximum absolute atomic E-state index is 13.8. The lowest BCUT2D eigenvalue weighted by Crippen LogP contribution is -2.52. The third kappa shape index (κ3) is 5.20. The normalized spacial score (nSPS) is 19.5. The van der Waals surface area contributed by atoms with Crippen molar-refractivity contribution in [1.82, 2.24) is 23.8 Å². The molecular formula is C29H35F2N7O4S. The number of aromatic nitrogens is 4. The van der Waals surface area contributed by atoms with Gasteiger partial charge in [-0.15, -0.1) is 0 Å². The molecule has 2 atom stereocenters. The summed E-state index contributed by atoms with van der Waals surface area (Å²) in [5.74, 6) is 0.335. The standard InChI is InChI=1S/C29H35F2N7O4S/c1-16-21(32)6-5-11-35(16)28(39)20-13-24-33-26(17(2)37(24)25(14-20)42-3)22-12-19-9-10-23(38(29(30)31)43(4,40)41)34-27(19)36(22)15-18-7-8-18/h9-10,12-14,16,18,21,29H,5-8,11,15,32H2,1-4H3/t16-,21-/m1/s1. The number of alkyl halides is 2. The van der Waals surface area contributed by atoms with Gasteiger partial charge in [-0.1, -0.05) is 0 Å². The van der Waals surface area contributed by atoms with Crippen molar-refractivity contribution in [3.05, 3.63) is 41.6 Å². The topological polar surface area (TPSA) is 128 Å². The number of aryl methyl sites for hydroxylation is 1. The number of carbonyl (C=O) groups is 1. The van der Waals surface area contributed by atoms with Crippen LogP contribution in [0.1, 0.15) is 48.7 Å². The van der Waals surface area contributed by atoms with E-state index in [1.165, 1.54) is 13.2 Å². The minimum Gasteiger partial charge on any atom is -0.482 e. The molecule has 0 bridgehead atoms. The van der Waals surface area contributed by atoms with Crippen LogP contribution in [0, 0.1) is 12.8 Å². The number of hydrogen-bond donors (Lipinski definition) is 1. The van der Waals surface area contributed by atoms with E-state index in [0.717, 1.165) is 37.6 Å². The maximum atomic E-state index is 13.8. The molecular weight excluding hydrogens is 580 g/mol. The molecule has 230 valence electrons. The van der Waals surface area contributed by atoms with Crippen LogP contribution in [0.25, 0.3) is 28.1 Å². The van der Waals surface area contributed by atoms with Crippen LogP contribution in [0.4, 0.5) is 14.6 Å². The number of nitrogens with two attached hydrogens (primary N) is 1. The highest BCUT2D eigenvalue weighted by Gasteiger charge is 2.32. The number of methoxy groups -OCH3 is 1. The van der Waals surface area contributed by atoms with Crippen molar-refractivity contribution < 1.29 is 26.7 Å². The number of imidazole rings is 1. The Hall–Kier alpha value is -3.78. The number of carbonyl (C=O) groups excluding carboxylic acids is 1. The second-order valence-corrected chi connectivity index (χ2v) is 13.4. The largest absolute Gasteiger partial charge is 0.482 e. The predicted octanol–water partition coefficient (Wildman–Crippen LogP) is 4.02. The average Bonchev–Trinajstić information content (AvgIpc) is 3.62. The zero-order valence-corrected chi connectivity index (χ0v) is 25.3. The van der Waals surface area contributed by atoms with Crippen LogP contribution in [0.3, 0.4) is 0 Å². The zero-order chi connectivity index (χ0) is 30.8. The van der Waals surface area contributed by atoms with Crippen molar-refractivity contribution in [1.29, 1.82) is 0 Å². The van der Waals surface area contributed by atoms with Crippen LogP contribution in [-0.4, -0.2) is 76.7 Å². The number of piperidine rings is 1. The van der Waals surface area contributed by atoms with Crippen LogP contribution in [0.5, 0.6) is 5.88 Å². The van der Waals surface area contributed by atoms with Gasteiger partial charge in [0.15, 0.2) is 5.88 Å². The van der Waals surface area contributed by atoms with Crippen LogP contribution < -0.4 is 14.8 Å². The first-order valence-corrected chi connectivity index (χ1v) is 16.2. The molecule has 11 nitrogen and oxygen atoms in total. The molecule has 2 fully saturated rings. The summed E-state index contributed by atoms with van der Waals surface area (Å²) in [4.78, 5) is 24.8. The lowest BCUT2D eigenvalue weighted by atomic mass is 9.97. The van der Waals surface area contributed by atoms with E-state index in [0.29, 0.717) is 58.5 Å². The maximum Gasteiger partial charge on any atom is 0.329 e. The van der Waals surface area contributed by atoms with Gasteiger partial charge < -0.3 is 19.9 Å². The molecule has 5 heterocycles. The monoisotopic (exact) mass is 615 g/mol. The summed E-state index contributed by atoms with van der Waals surface area (Å²) in [6.45, 7) is 1.78. The number of ether oxygens (including phenoxy) is 1. The number of nitrogens with zero attached hydrogens (tertiary/aromatic N) is 6. The second kappa shape index (κ2) is 10.7. The molecule has 0 aromatic carbocycles. The quantitative estimate of drug-likeness (QED) is 0.297.